The Hall–Kier alpha value is -4.04. The summed E-state index contributed by atoms with van der Waals surface area (Å²) in [6.45, 7) is 0. The molecule has 0 fully saturated rings. The molecule has 0 aromatic heterocycles. The standard InChI is InChI=1S/C24H20FN3O3S/c1-30-22-15-18(16-26-28-24(32)27-20-11-9-19(25)10-12-20)7-13-21(22)31-23(29)14-8-17-5-3-2-4-6-17/h2-16H,1H3,(H2,27,28,32). The van der Waals surface area contributed by atoms with Crippen molar-refractivity contribution in [3.05, 3.63) is 95.8 Å². The minimum absolute atomic E-state index is 0.246. The first kappa shape index (κ1) is 22.6. The number of hydrogen-bond acceptors (Lipinski definition) is 5. The summed E-state index contributed by atoms with van der Waals surface area (Å²) in [5.41, 5.74) is 4.89. The monoisotopic (exact) mass is 449 g/mol. The molecule has 0 amide bonds. The normalized spacial score (nSPS) is 10.8. The lowest BCUT2D eigenvalue weighted by molar-refractivity contribution is -0.129. The van der Waals surface area contributed by atoms with E-state index < -0.39 is 5.97 Å². The predicted octanol–water partition coefficient (Wildman–Crippen LogP) is 4.77. The van der Waals surface area contributed by atoms with E-state index in [0.717, 1.165) is 5.56 Å². The number of thiocarbonyl (C=S) groups is 1. The molecule has 0 aliphatic heterocycles. The SMILES string of the molecule is COc1cc(C=NNC(=S)Nc2ccc(F)cc2)ccc1OC(=O)C=Cc1ccccc1. The molecule has 3 aromatic rings. The van der Waals surface area contributed by atoms with Gasteiger partial charge >= 0.3 is 5.97 Å². The Labute approximate surface area is 190 Å². The van der Waals surface area contributed by atoms with Gasteiger partial charge in [0.1, 0.15) is 5.82 Å². The van der Waals surface area contributed by atoms with Crippen LogP contribution in [-0.4, -0.2) is 24.4 Å². The number of benzene rings is 3. The molecule has 0 unspecified atom stereocenters. The number of carbonyl (C=O) groups excluding carboxylic acids is 1. The van der Waals surface area contributed by atoms with E-state index in [1.165, 1.54) is 31.5 Å². The molecule has 0 spiro atoms. The lowest BCUT2D eigenvalue weighted by atomic mass is 10.2. The third-order valence-electron chi connectivity index (χ3n) is 4.09. The molecule has 0 aliphatic carbocycles. The minimum Gasteiger partial charge on any atom is -0.493 e. The van der Waals surface area contributed by atoms with Crippen molar-refractivity contribution < 1.29 is 18.7 Å². The van der Waals surface area contributed by atoms with Crippen molar-refractivity contribution in [1.29, 1.82) is 0 Å². The van der Waals surface area contributed by atoms with Gasteiger partial charge in [-0.2, -0.15) is 5.10 Å². The predicted molar refractivity (Wildman–Crippen MR) is 127 cm³/mol. The van der Waals surface area contributed by atoms with Gasteiger partial charge in [0.15, 0.2) is 16.6 Å². The number of halogens is 1. The molecule has 3 aromatic carbocycles. The van der Waals surface area contributed by atoms with Gasteiger partial charge in [-0.15, -0.1) is 0 Å². The summed E-state index contributed by atoms with van der Waals surface area (Å²) in [5.74, 6) is -0.188. The highest BCUT2D eigenvalue weighted by Gasteiger charge is 2.09. The van der Waals surface area contributed by atoms with Crippen molar-refractivity contribution in [2.24, 2.45) is 5.10 Å². The summed E-state index contributed by atoms with van der Waals surface area (Å²) in [6.07, 6.45) is 4.55. The maximum atomic E-state index is 12.9. The zero-order valence-electron chi connectivity index (χ0n) is 17.1. The van der Waals surface area contributed by atoms with Crippen molar-refractivity contribution in [3.63, 3.8) is 0 Å². The van der Waals surface area contributed by atoms with E-state index in [2.05, 4.69) is 15.8 Å². The number of nitrogens with zero attached hydrogens (tertiary/aromatic N) is 1. The maximum Gasteiger partial charge on any atom is 0.336 e. The third kappa shape index (κ3) is 7.03. The van der Waals surface area contributed by atoms with Crippen LogP contribution in [0.2, 0.25) is 0 Å². The third-order valence-corrected chi connectivity index (χ3v) is 4.28. The first-order valence-corrected chi connectivity index (χ1v) is 9.93. The average Bonchev–Trinajstić information content (AvgIpc) is 2.81. The molecule has 0 heterocycles. The molecule has 8 heteroatoms. The van der Waals surface area contributed by atoms with Crippen LogP contribution in [0.5, 0.6) is 11.5 Å². The van der Waals surface area contributed by atoms with Crippen LogP contribution in [0.4, 0.5) is 10.1 Å². The summed E-state index contributed by atoms with van der Waals surface area (Å²) in [5, 5.41) is 7.19. The second-order valence-electron chi connectivity index (χ2n) is 6.41. The Morgan fingerprint density at radius 1 is 1.00 bits per heavy atom. The van der Waals surface area contributed by atoms with E-state index in [-0.39, 0.29) is 16.7 Å². The van der Waals surface area contributed by atoms with Gasteiger partial charge in [-0.3, -0.25) is 5.43 Å². The molecule has 0 bridgehead atoms. The van der Waals surface area contributed by atoms with Crippen LogP contribution >= 0.6 is 12.2 Å². The summed E-state index contributed by atoms with van der Waals surface area (Å²) in [4.78, 5) is 12.1. The van der Waals surface area contributed by atoms with Gasteiger partial charge in [-0.1, -0.05) is 30.3 Å². The Morgan fingerprint density at radius 2 is 1.75 bits per heavy atom. The largest absolute Gasteiger partial charge is 0.493 e. The number of carbonyl (C=O) groups is 1. The topological polar surface area (TPSA) is 71.9 Å². The van der Waals surface area contributed by atoms with Crippen LogP contribution in [0.3, 0.4) is 0 Å². The highest BCUT2D eigenvalue weighted by molar-refractivity contribution is 7.80. The van der Waals surface area contributed by atoms with Gasteiger partial charge in [0.25, 0.3) is 0 Å². The molecule has 0 radical (unpaired) electrons. The highest BCUT2D eigenvalue weighted by Crippen LogP contribution is 2.27. The molecular formula is C24H20FN3O3S. The van der Waals surface area contributed by atoms with Gasteiger partial charge in [0.05, 0.1) is 13.3 Å². The van der Waals surface area contributed by atoms with Crippen LogP contribution in [0.1, 0.15) is 11.1 Å². The molecule has 162 valence electrons. The second kappa shape index (κ2) is 11.4. The van der Waals surface area contributed by atoms with Crippen molar-refractivity contribution in [3.8, 4) is 11.5 Å². The molecule has 0 atom stereocenters. The van der Waals surface area contributed by atoms with E-state index in [4.69, 9.17) is 21.7 Å². The van der Waals surface area contributed by atoms with Crippen LogP contribution in [0.15, 0.2) is 84.0 Å². The first-order valence-electron chi connectivity index (χ1n) is 9.52. The molecular weight excluding hydrogens is 429 g/mol. The fourth-order valence-corrected chi connectivity index (χ4v) is 2.75. The summed E-state index contributed by atoms with van der Waals surface area (Å²) in [6, 6.07) is 20.2. The van der Waals surface area contributed by atoms with Crippen LogP contribution in [0, 0.1) is 5.82 Å². The first-order chi connectivity index (χ1) is 15.5. The molecule has 0 saturated heterocycles. The highest BCUT2D eigenvalue weighted by atomic mass is 32.1. The Kier molecular flexibility index (Phi) is 8.05. The van der Waals surface area contributed by atoms with Crippen molar-refractivity contribution >= 4 is 41.3 Å². The molecule has 32 heavy (non-hydrogen) atoms. The maximum absolute atomic E-state index is 12.9. The molecule has 2 N–H and O–H groups in total. The van der Waals surface area contributed by atoms with Crippen LogP contribution < -0.4 is 20.2 Å². The number of hydrogen-bond donors (Lipinski definition) is 2. The molecule has 3 rings (SSSR count). The summed E-state index contributed by atoms with van der Waals surface area (Å²) in [7, 11) is 1.48. The quantitative estimate of drug-likeness (QED) is 0.135. The zero-order chi connectivity index (χ0) is 22.8. The van der Waals surface area contributed by atoms with E-state index in [9.17, 15) is 9.18 Å². The zero-order valence-corrected chi connectivity index (χ0v) is 17.9. The minimum atomic E-state index is -0.521. The number of hydrazone groups is 1. The van der Waals surface area contributed by atoms with Crippen molar-refractivity contribution in [2.45, 2.75) is 0 Å². The fraction of sp³-hybridized carbons (Fsp3) is 0.0417. The molecule has 0 saturated carbocycles. The average molecular weight is 450 g/mol. The van der Waals surface area contributed by atoms with E-state index in [0.29, 0.717) is 17.0 Å². The van der Waals surface area contributed by atoms with E-state index in [1.807, 2.05) is 30.3 Å². The summed E-state index contributed by atoms with van der Waals surface area (Å²) < 4.78 is 23.6. The van der Waals surface area contributed by atoms with Crippen LogP contribution in [0.25, 0.3) is 6.08 Å². The van der Waals surface area contributed by atoms with Gasteiger partial charge in [0.2, 0.25) is 0 Å². The fourth-order valence-electron chi connectivity index (χ4n) is 2.58. The second-order valence-corrected chi connectivity index (χ2v) is 6.81. The number of rotatable bonds is 7. The van der Waals surface area contributed by atoms with Gasteiger partial charge < -0.3 is 14.8 Å². The van der Waals surface area contributed by atoms with Crippen molar-refractivity contribution in [1.82, 2.24) is 5.43 Å². The van der Waals surface area contributed by atoms with Crippen molar-refractivity contribution in [2.75, 3.05) is 12.4 Å². The smallest absolute Gasteiger partial charge is 0.336 e. The number of methoxy groups -OCH3 is 1. The van der Waals surface area contributed by atoms with Gasteiger partial charge in [-0.25, -0.2) is 9.18 Å². The van der Waals surface area contributed by atoms with E-state index >= 15 is 0 Å². The Morgan fingerprint density at radius 3 is 2.47 bits per heavy atom. The Bertz CT molecular complexity index is 1130. The molecule has 0 aliphatic rings. The molecule has 6 nitrogen and oxygen atoms in total. The number of ether oxygens (including phenoxy) is 2. The lowest BCUT2D eigenvalue weighted by Gasteiger charge is -2.09. The Balaban J connectivity index is 1.57. The van der Waals surface area contributed by atoms with Gasteiger partial charge in [-0.05, 0) is 71.9 Å². The number of esters is 1. The number of nitrogens with one attached hydrogen (secondary N) is 2. The summed E-state index contributed by atoms with van der Waals surface area (Å²) >= 11 is 5.14. The number of anilines is 1. The van der Waals surface area contributed by atoms with Gasteiger partial charge in [0, 0.05) is 11.8 Å². The lowest BCUT2D eigenvalue weighted by Crippen LogP contribution is -2.23. The van der Waals surface area contributed by atoms with Crippen LogP contribution in [-0.2, 0) is 4.79 Å². The van der Waals surface area contributed by atoms with E-state index in [1.54, 1.807) is 36.4 Å².